The van der Waals surface area contributed by atoms with Crippen LogP contribution in [-0.4, -0.2) is 28.1 Å². The van der Waals surface area contributed by atoms with Gasteiger partial charge in [0.15, 0.2) is 5.69 Å². The summed E-state index contributed by atoms with van der Waals surface area (Å²) in [6.07, 6.45) is 0. The summed E-state index contributed by atoms with van der Waals surface area (Å²) in [4.78, 5) is 11.7. The molecule has 0 saturated carbocycles. The van der Waals surface area contributed by atoms with E-state index in [4.69, 9.17) is 4.74 Å². The summed E-state index contributed by atoms with van der Waals surface area (Å²) >= 11 is 0. The largest absolute Gasteiger partial charge is 0.464 e. The van der Waals surface area contributed by atoms with Crippen LogP contribution in [0.15, 0.2) is 24.3 Å². The molecular weight excluding hydrogens is 261 g/mol. The fourth-order valence-corrected chi connectivity index (χ4v) is 2.06. The Morgan fingerprint density at radius 2 is 2.20 bits per heavy atom. The third-order valence-corrected chi connectivity index (χ3v) is 2.92. The number of esters is 1. The number of carbonyl (C=O) groups is 1. The zero-order valence-corrected chi connectivity index (χ0v) is 11.6. The standard InChI is InChI=1S/C14H16FN3O2/c1-9(2)13-12(14(19)20-3)16-17-18(13)8-10-5-4-6-11(15)7-10/h4-7,9H,8H2,1-3H3. The molecule has 106 valence electrons. The molecule has 2 rings (SSSR count). The normalized spacial score (nSPS) is 10.8. The highest BCUT2D eigenvalue weighted by molar-refractivity contribution is 5.88. The lowest BCUT2D eigenvalue weighted by atomic mass is 10.1. The number of benzene rings is 1. The molecule has 0 spiro atoms. The molecule has 0 fully saturated rings. The quantitative estimate of drug-likeness (QED) is 0.805. The van der Waals surface area contributed by atoms with E-state index in [2.05, 4.69) is 10.3 Å². The Bertz CT molecular complexity index is 623. The van der Waals surface area contributed by atoms with Crippen LogP contribution in [0.1, 0.15) is 41.5 Å². The van der Waals surface area contributed by atoms with Crippen molar-refractivity contribution in [2.24, 2.45) is 0 Å². The van der Waals surface area contributed by atoms with E-state index in [1.54, 1.807) is 16.8 Å². The molecule has 0 aliphatic carbocycles. The van der Waals surface area contributed by atoms with Crippen molar-refractivity contribution in [3.05, 3.63) is 47.0 Å². The summed E-state index contributed by atoms with van der Waals surface area (Å²) in [5, 5.41) is 7.85. The predicted molar refractivity (Wildman–Crippen MR) is 71.0 cm³/mol. The smallest absolute Gasteiger partial charge is 0.360 e. The van der Waals surface area contributed by atoms with Crippen LogP contribution in [0, 0.1) is 5.82 Å². The van der Waals surface area contributed by atoms with Crippen molar-refractivity contribution < 1.29 is 13.9 Å². The first kappa shape index (κ1) is 14.2. The van der Waals surface area contributed by atoms with Gasteiger partial charge in [0.2, 0.25) is 0 Å². The van der Waals surface area contributed by atoms with Gasteiger partial charge in [-0.25, -0.2) is 13.9 Å². The molecule has 20 heavy (non-hydrogen) atoms. The van der Waals surface area contributed by atoms with Crippen molar-refractivity contribution in [3.63, 3.8) is 0 Å². The van der Waals surface area contributed by atoms with E-state index < -0.39 is 5.97 Å². The van der Waals surface area contributed by atoms with Gasteiger partial charge in [-0.15, -0.1) is 5.10 Å². The van der Waals surface area contributed by atoms with E-state index in [-0.39, 0.29) is 17.4 Å². The first-order chi connectivity index (χ1) is 9.52. The maximum absolute atomic E-state index is 13.2. The van der Waals surface area contributed by atoms with Crippen LogP contribution in [0.25, 0.3) is 0 Å². The van der Waals surface area contributed by atoms with Gasteiger partial charge in [-0.2, -0.15) is 0 Å². The van der Waals surface area contributed by atoms with Crippen LogP contribution in [0.4, 0.5) is 4.39 Å². The van der Waals surface area contributed by atoms with Gasteiger partial charge in [0.05, 0.1) is 19.3 Å². The van der Waals surface area contributed by atoms with Crippen molar-refractivity contribution in [1.82, 2.24) is 15.0 Å². The first-order valence-electron chi connectivity index (χ1n) is 6.29. The molecule has 0 aliphatic rings. The zero-order chi connectivity index (χ0) is 14.7. The molecule has 0 bridgehead atoms. The van der Waals surface area contributed by atoms with Gasteiger partial charge in [0.25, 0.3) is 0 Å². The zero-order valence-electron chi connectivity index (χ0n) is 11.6. The van der Waals surface area contributed by atoms with Crippen LogP contribution in [-0.2, 0) is 11.3 Å². The van der Waals surface area contributed by atoms with Crippen molar-refractivity contribution in [2.45, 2.75) is 26.3 Å². The summed E-state index contributed by atoms with van der Waals surface area (Å²) in [5.41, 5.74) is 1.65. The second-order valence-corrected chi connectivity index (χ2v) is 4.76. The summed E-state index contributed by atoms with van der Waals surface area (Å²) in [6.45, 7) is 4.23. The van der Waals surface area contributed by atoms with Gasteiger partial charge >= 0.3 is 5.97 Å². The SMILES string of the molecule is COC(=O)c1nnn(Cc2cccc(F)c2)c1C(C)C. The molecule has 0 unspecified atom stereocenters. The van der Waals surface area contributed by atoms with E-state index in [0.29, 0.717) is 12.2 Å². The molecule has 0 atom stereocenters. The lowest BCUT2D eigenvalue weighted by molar-refractivity contribution is 0.0592. The molecule has 1 heterocycles. The highest BCUT2D eigenvalue weighted by atomic mass is 19.1. The van der Waals surface area contributed by atoms with E-state index in [0.717, 1.165) is 5.56 Å². The third-order valence-electron chi connectivity index (χ3n) is 2.92. The Morgan fingerprint density at radius 1 is 1.45 bits per heavy atom. The highest BCUT2D eigenvalue weighted by Gasteiger charge is 2.22. The summed E-state index contributed by atoms with van der Waals surface area (Å²) in [6, 6.07) is 6.25. The Kier molecular flexibility index (Phi) is 4.12. The molecule has 0 amide bonds. The predicted octanol–water partition coefficient (Wildman–Crippen LogP) is 2.38. The fraction of sp³-hybridized carbons (Fsp3) is 0.357. The van der Waals surface area contributed by atoms with Crippen molar-refractivity contribution in [2.75, 3.05) is 7.11 Å². The van der Waals surface area contributed by atoms with Crippen LogP contribution >= 0.6 is 0 Å². The van der Waals surface area contributed by atoms with Gasteiger partial charge in [-0.05, 0) is 23.6 Å². The van der Waals surface area contributed by atoms with Gasteiger partial charge in [-0.3, -0.25) is 0 Å². The van der Waals surface area contributed by atoms with Gasteiger partial charge in [0, 0.05) is 0 Å². The lowest BCUT2D eigenvalue weighted by Crippen LogP contribution is -2.12. The van der Waals surface area contributed by atoms with Crippen molar-refractivity contribution >= 4 is 5.97 Å². The average Bonchev–Trinajstić information content (AvgIpc) is 2.81. The van der Waals surface area contributed by atoms with E-state index >= 15 is 0 Å². The third kappa shape index (κ3) is 2.84. The number of ether oxygens (including phenoxy) is 1. The molecule has 6 heteroatoms. The minimum absolute atomic E-state index is 0.0488. The summed E-state index contributed by atoms with van der Waals surface area (Å²) in [7, 11) is 1.30. The maximum Gasteiger partial charge on any atom is 0.360 e. The molecule has 0 radical (unpaired) electrons. The number of rotatable bonds is 4. The number of aromatic nitrogens is 3. The molecule has 5 nitrogen and oxygen atoms in total. The fourth-order valence-electron chi connectivity index (χ4n) is 2.06. The Hall–Kier alpha value is -2.24. The molecule has 0 N–H and O–H groups in total. The molecule has 2 aromatic rings. The van der Waals surface area contributed by atoms with Crippen LogP contribution in [0.3, 0.4) is 0 Å². The summed E-state index contributed by atoms with van der Waals surface area (Å²) in [5.74, 6) is -0.770. The van der Waals surface area contributed by atoms with Crippen LogP contribution < -0.4 is 0 Å². The molecule has 1 aromatic heterocycles. The van der Waals surface area contributed by atoms with Gasteiger partial charge in [0.1, 0.15) is 5.82 Å². The topological polar surface area (TPSA) is 57.0 Å². The Labute approximate surface area is 116 Å². The average molecular weight is 277 g/mol. The molecule has 0 saturated heterocycles. The van der Waals surface area contributed by atoms with E-state index in [9.17, 15) is 9.18 Å². The lowest BCUT2D eigenvalue weighted by Gasteiger charge is -2.10. The minimum Gasteiger partial charge on any atom is -0.464 e. The highest BCUT2D eigenvalue weighted by Crippen LogP contribution is 2.19. The van der Waals surface area contributed by atoms with Crippen molar-refractivity contribution in [3.8, 4) is 0 Å². The van der Waals surface area contributed by atoms with Crippen LogP contribution in [0.5, 0.6) is 0 Å². The first-order valence-corrected chi connectivity index (χ1v) is 6.29. The van der Waals surface area contributed by atoms with E-state index in [1.165, 1.54) is 19.2 Å². The summed E-state index contributed by atoms with van der Waals surface area (Å²) < 4.78 is 19.5. The minimum atomic E-state index is -0.515. The second-order valence-electron chi connectivity index (χ2n) is 4.76. The Balaban J connectivity index is 2.37. The van der Waals surface area contributed by atoms with Crippen molar-refractivity contribution in [1.29, 1.82) is 0 Å². The number of methoxy groups -OCH3 is 1. The Morgan fingerprint density at radius 3 is 2.80 bits per heavy atom. The monoisotopic (exact) mass is 277 g/mol. The molecular formula is C14H16FN3O2. The number of nitrogens with zero attached hydrogens (tertiary/aromatic N) is 3. The number of hydrogen-bond acceptors (Lipinski definition) is 4. The van der Waals surface area contributed by atoms with Gasteiger partial charge < -0.3 is 4.74 Å². The molecule has 1 aromatic carbocycles. The molecule has 0 aliphatic heterocycles. The number of carbonyl (C=O) groups excluding carboxylic acids is 1. The second kappa shape index (κ2) is 5.81. The number of halogens is 1. The number of hydrogen-bond donors (Lipinski definition) is 0. The van der Waals surface area contributed by atoms with Gasteiger partial charge in [-0.1, -0.05) is 31.2 Å². The maximum atomic E-state index is 13.2. The van der Waals surface area contributed by atoms with E-state index in [1.807, 2.05) is 13.8 Å². The van der Waals surface area contributed by atoms with Crippen LogP contribution in [0.2, 0.25) is 0 Å².